The molecule has 1 N–H and O–H groups in total. The molecule has 1 unspecified atom stereocenters. The lowest BCUT2D eigenvalue weighted by Gasteiger charge is -2.34. The third kappa shape index (κ3) is 5.96. The number of aromatic nitrogens is 1. The van der Waals surface area contributed by atoms with Gasteiger partial charge in [0.05, 0.1) is 17.4 Å². The first kappa shape index (κ1) is 27.0. The lowest BCUT2D eigenvalue weighted by Crippen LogP contribution is -2.41. The number of esters is 1. The zero-order valence-electron chi connectivity index (χ0n) is 20.7. The van der Waals surface area contributed by atoms with Gasteiger partial charge < -0.3 is 14.6 Å². The lowest BCUT2D eigenvalue weighted by atomic mass is 9.95. The van der Waals surface area contributed by atoms with Crippen LogP contribution in [0.1, 0.15) is 63.6 Å². The SMILES string of the molecule is CCCc1c(C=C2SC(=S)N(CC(C)C)C2=O)c(N2CCCC(C(=O)OCC)C2)[nH]c(=O)c1C#N. The van der Waals surface area contributed by atoms with Crippen molar-refractivity contribution in [1.82, 2.24) is 9.88 Å². The number of pyridine rings is 1. The average molecular weight is 517 g/mol. The average Bonchev–Trinajstić information content (AvgIpc) is 3.08. The smallest absolute Gasteiger partial charge is 0.310 e. The molecule has 0 aliphatic carbocycles. The van der Waals surface area contributed by atoms with Crippen molar-refractivity contribution in [3.05, 3.63) is 31.9 Å². The van der Waals surface area contributed by atoms with E-state index in [4.69, 9.17) is 17.0 Å². The summed E-state index contributed by atoms with van der Waals surface area (Å²) in [7, 11) is 0. The van der Waals surface area contributed by atoms with Crippen LogP contribution in [0, 0.1) is 23.2 Å². The summed E-state index contributed by atoms with van der Waals surface area (Å²) in [6.07, 6.45) is 4.45. The first-order chi connectivity index (χ1) is 16.7. The van der Waals surface area contributed by atoms with Gasteiger partial charge in [-0.2, -0.15) is 5.26 Å². The molecular formula is C25H32N4O4S2. The van der Waals surface area contributed by atoms with E-state index in [0.29, 0.717) is 65.3 Å². The Morgan fingerprint density at radius 1 is 1.37 bits per heavy atom. The van der Waals surface area contributed by atoms with Gasteiger partial charge in [-0.1, -0.05) is 51.2 Å². The van der Waals surface area contributed by atoms with E-state index in [1.807, 2.05) is 31.7 Å². The molecule has 1 atom stereocenters. The summed E-state index contributed by atoms with van der Waals surface area (Å²) in [5, 5.41) is 9.75. The quantitative estimate of drug-likeness (QED) is 0.316. The van der Waals surface area contributed by atoms with Crippen LogP contribution in [-0.2, 0) is 20.7 Å². The maximum Gasteiger partial charge on any atom is 0.310 e. The number of nitrogens with zero attached hydrogens (tertiary/aromatic N) is 3. The van der Waals surface area contributed by atoms with Crippen molar-refractivity contribution in [2.75, 3.05) is 31.1 Å². The van der Waals surface area contributed by atoms with Crippen LogP contribution in [0.25, 0.3) is 6.08 Å². The van der Waals surface area contributed by atoms with Crippen molar-refractivity contribution in [2.24, 2.45) is 11.8 Å². The minimum atomic E-state index is -0.464. The third-order valence-corrected chi connectivity index (χ3v) is 7.38. The van der Waals surface area contributed by atoms with Gasteiger partial charge >= 0.3 is 5.97 Å². The molecule has 1 aromatic heterocycles. The van der Waals surface area contributed by atoms with Crippen LogP contribution in [0.3, 0.4) is 0 Å². The molecule has 0 saturated carbocycles. The first-order valence-electron chi connectivity index (χ1n) is 12.1. The van der Waals surface area contributed by atoms with E-state index in [0.717, 1.165) is 12.8 Å². The zero-order valence-corrected chi connectivity index (χ0v) is 22.3. The van der Waals surface area contributed by atoms with Gasteiger partial charge in [-0.25, -0.2) is 0 Å². The summed E-state index contributed by atoms with van der Waals surface area (Å²) in [5.74, 6) is 0.0533. The Bertz CT molecular complexity index is 1140. The Morgan fingerprint density at radius 2 is 2.11 bits per heavy atom. The van der Waals surface area contributed by atoms with E-state index in [9.17, 15) is 19.6 Å². The number of hydrogen-bond donors (Lipinski definition) is 1. The molecule has 1 amide bonds. The second-order valence-corrected chi connectivity index (χ2v) is 10.8. The summed E-state index contributed by atoms with van der Waals surface area (Å²) in [4.78, 5) is 45.4. The molecule has 2 fully saturated rings. The van der Waals surface area contributed by atoms with Crippen molar-refractivity contribution in [3.63, 3.8) is 0 Å². The van der Waals surface area contributed by atoms with Crippen LogP contribution < -0.4 is 10.5 Å². The summed E-state index contributed by atoms with van der Waals surface area (Å²) < 4.78 is 5.73. The molecule has 0 spiro atoms. The Labute approximate surface area is 215 Å². The second-order valence-electron chi connectivity index (χ2n) is 9.16. The summed E-state index contributed by atoms with van der Waals surface area (Å²) in [5.41, 5.74) is 0.839. The number of aromatic amines is 1. The number of hydrogen-bond acceptors (Lipinski definition) is 8. The number of carbonyl (C=O) groups is 2. The second kappa shape index (κ2) is 11.9. The number of carbonyl (C=O) groups excluding carboxylic acids is 2. The number of nitriles is 1. The predicted molar refractivity (Wildman–Crippen MR) is 142 cm³/mol. The highest BCUT2D eigenvalue weighted by atomic mass is 32.2. The minimum absolute atomic E-state index is 0.0541. The molecule has 0 aromatic carbocycles. The molecule has 2 aliphatic heterocycles. The van der Waals surface area contributed by atoms with Crippen molar-refractivity contribution < 1.29 is 14.3 Å². The van der Waals surface area contributed by atoms with E-state index >= 15 is 0 Å². The maximum absolute atomic E-state index is 13.2. The van der Waals surface area contributed by atoms with Crippen molar-refractivity contribution in [3.8, 4) is 6.07 Å². The minimum Gasteiger partial charge on any atom is -0.466 e. The van der Waals surface area contributed by atoms with Crippen molar-refractivity contribution in [1.29, 1.82) is 5.26 Å². The number of piperidine rings is 1. The third-order valence-electron chi connectivity index (χ3n) is 6.01. The number of ether oxygens (including phenoxy) is 1. The van der Waals surface area contributed by atoms with Gasteiger partial charge in [-0.3, -0.25) is 19.3 Å². The molecule has 0 radical (unpaired) electrons. The Hall–Kier alpha value is -2.64. The van der Waals surface area contributed by atoms with Crippen molar-refractivity contribution in [2.45, 2.75) is 53.4 Å². The fourth-order valence-corrected chi connectivity index (χ4v) is 5.73. The van der Waals surface area contributed by atoms with Crippen molar-refractivity contribution >= 4 is 52.1 Å². The topological polar surface area (TPSA) is 106 Å². The lowest BCUT2D eigenvalue weighted by molar-refractivity contribution is -0.148. The molecule has 3 rings (SSSR count). The van der Waals surface area contributed by atoms with E-state index in [2.05, 4.69) is 4.98 Å². The highest BCUT2D eigenvalue weighted by Gasteiger charge is 2.34. The van der Waals surface area contributed by atoms with Crippen LogP contribution in [0.4, 0.5) is 5.82 Å². The molecule has 1 aromatic rings. The molecule has 35 heavy (non-hydrogen) atoms. The monoisotopic (exact) mass is 516 g/mol. The molecule has 8 nitrogen and oxygen atoms in total. The number of H-pyrrole nitrogens is 1. The van der Waals surface area contributed by atoms with Crippen LogP contribution >= 0.6 is 24.0 Å². The molecule has 10 heteroatoms. The van der Waals surface area contributed by atoms with Gasteiger partial charge in [0.1, 0.15) is 21.8 Å². The van der Waals surface area contributed by atoms with Crippen LogP contribution in [0.2, 0.25) is 0 Å². The number of thioether (sulfide) groups is 1. The van der Waals surface area contributed by atoms with Gasteiger partial charge in [0.15, 0.2) is 0 Å². The molecule has 0 bridgehead atoms. The van der Waals surface area contributed by atoms with Gasteiger partial charge in [0.25, 0.3) is 11.5 Å². The number of anilines is 1. The highest BCUT2D eigenvalue weighted by molar-refractivity contribution is 8.26. The largest absolute Gasteiger partial charge is 0.466 e. The Kier molecular flexibility index (Phi) is 9.14. The van der Waals surface area contributed by atoms with E-state index in [-0.39, 0.29) is 29.3 Å². The summed E-state index contributed by atoms with van der Waals surface area (Å²) >= 11 is 6.70. The van der Waals surface area contributed by atoms with Gasteiger partial charge in [0.2, 0.25) is 0 Å². The highest BCUT2D eigenvalue weighted by Crippen LogP contribution is 2.36. The van der Waals surface area contributed by atoms with Crippen LogP contribution in [0.15, 0.2) is 9.70 Å². The Balaban J connectivity index is 2.12. The van der Waals surface area contributed by atoms with Gasteiger partial charge in [0, 0.05) is 25.2 Å². The Morgan fingerprint density at radius 3 is 2.74 bits per heavy atom. The molecule has 2 aliphatic rings. The number of nitrogens with one attached hydrogen (secondary N) is 1. The molecule has 2 saturated heterocycles. The maximum atomic E-state index is 13.2. The van der Waals surface area contributed by atoms with E-state index in [1.54, 1.807) is 17.9 Å². The number of thiocarbonyl (C=S) groups is 1. The fraction of sp³-hybridized carbons (Fsp3) is 0.560. The zero-order chi connectivity index (χ0) is 25.7. The van der Waals surface area contributed by atoms with E-state index < -0.39 is 5.56 Å². The van der Waals surface area contributed by atoms with E-state index in [1.165, 1.54) is 11.8 Å². The fourth-order valence-electron chi connectivity index (χ4n) is 4.47. The first-order valence-corrected chi connectivity index (χ1v) is 13.3. The molecule has 3 heterocycles. The molecular weight excluding hydrogens is 484 g/mol. The standard InChI is InChI=1S/C25H32N4O4S2/c1-5-8-17-18(11-20-23(31)29(13-15(3)4)25(34)35-20)21(27-22(30)19(17)12-26)28-10-7-9-16(14-28)24(32)33-6-2/h11,15-16H,5-10,13-14H2,1-4H3,(H,27,30). The summed E-state index contributed by atoms with van der Waals surface area (Å²) in [6, 6.07) is 2.05. The van der Waals surface area contributed by atoms with Gasteiger partial charge in [-0.15, -0.1) is 0 Å². The normalized spacial score (nSPS) is 19.5. The predicted octanol–water partition coefficient (Wildman–Crippen LogP) is 3.84. The van der Waals surface area contributed by atoms with Gasteiger partial charge in [-0.05, 0) is 43.7 Å². The number of amides is 1. The van der Waals surface area contributed by atoms with Crippen LogP contribution in [-0.4, -0.2) is 52.3 Å². The number of rotatable bonds is 8. The summed E-state index contributed by atoms with van der Waals surface area (Å²) in [6.45, 7) is 9.67. The van der Waals surface area contributed by atoms with Crippen LogP contribution in [0.5, 0.6) is 0 Å². The molecule has 188 valence electrons.